The van der Waals surface area contributed by atoms with Gasteiger partial charge in [-0.1, -0.05) is 26.0 Å². The number of hydrogen-bond donors (Lipinski definition) is 1. The van der Waals surface area contributed by atoms with Gasteiger partial charge in [0.15, 0.2) is 0 Å². The van der Waals surface area contributed by atoms with Crippen LogP contribution in [0.25, 0.3) is 10.9 Å². The number of aromatic amines is 1. The van der Waals surface area contributed by atoms with Crippen molar-refractivity contribution < 1.29 is 4.79 Å². The Labute approximate surface area is 146 Å². The van der Waals surface area contributed by atoms with Crippen LogP contribution in [0.3, 0.4) is 0 Å². The predicted molar refractivity (Wildman–Crippen MR) is 97.6 cm³/mol. The summed E-state index contributed by atoms with van der Waals surface area (Å²) in [5.41, 5.74) is -0.277. The van der Waals surface area contributed by atoms with E-state index in [1.54, 1.807) is 24.3 Å². The fourth-order valence-electron chi connectivity index (χ4n) is 3.11. The standard InChI is InChI=1S/C19H25N3O3/c1-13(2)9-11-21(14-7-8-14)17(23)10-12-22-16-6-4-3-5-15(16)18(24)20-19(22)25/h3-6,13-14H,7-12H2,1-2H3,(H,20,24,25). The molecule has 134 valence electrons. The predicted octanol–water partition coefficient (Wildman–Crippen LogP) is 2.12. The molecule has 0 aliphatic heterocycles. The van der Waals surface area contributed by atoms with E-state index in [9.17, 15) is 14.4 Å². The van der Waals surface area contributed by atoms with E-state index in [-0.39, 0.29) is 24.4 Å². The van der Waals surface area contributed by atoms with Gasteiger partial charge in [-0.3, -0.25) is 19.1 Å². The van der Waals surface area contributed by atoms with Crippen LogP contribution in [0.1, 0.15) is 39.5 Å². The van der Waals surface area contributed by atoms with Crippen molar-refractivity contribution in [3.8, 4) is 0 Å². The Balaban J connectivity index is 1.77. The first-order chi connectivity index (χ1) is 12.0. The van der Waals surface area contributed by atoms with Gasteiger partial charge in [-0.15, -0.1) is 0 Å². The van der Waals surface area contributed by atoms with E-state index in [0.29, 0.717) is 22.9 Å². The molecule has 1 aromatic heterocycles. The van der Waals surface area contributed by atoms with Crippen molar-refractivity contribution in [2.45, 2.75) is 52.1 Å². The van der Waals surface area contributed by atoms with E-state index in [4.69, 9.17) is 0 Å². The highest BCUT2D eigenvalue weighted by atomic mass is 16.2. The summed E-state index contributed by atoms with van der Waals surface area (Å²) in [5, 5.41) is 0.466. The normalized spacial score (nSPS) is 14.2. The molecule has 3 rings (SSSR count). The first-order valence-corrected chi connectivity index (χ1v) is 8.98. The van der Waals surface area contributed by atoms with E-state index in [1.165, 1.54) is 4.57 Å². The first-order valence-electron chi connectivity index (χ1n) is 8.98. The molecule has 1 heterocycles. The molecule has 0 bridgehead atoms. The summed E-state index contributed by atoms with van der Waals surface area (Å²) in [5.74, 6) is 0.644. The number of rotatable bonds is 7. The van der Waals surface area contributed by atoms with Gasteiger partial charge >= 0.3 is 5.69 Å². The van der Waals surface area contributed by atoms with Gasteiger partial charge in [0.1, 0.15) is 0 Å². The Kier molecular flexibility index (Phi) is 5.06. The van der Waals surface area contributed by atoms with Crippen LogP contribution in [0.4, 0.5) is 0 Å². The van der Waals surface area contributed by atoms with Gasteiger partial charge < -0.3 is 4.90 Å². The minimum Gasteiger partial charge on any atom is -0.340 e. The lowest BCUT2D eigenvalue weighted by atomic mass is 10.1. The number of nitrogens with one attached hydrogen (secondary N) is 1. The van der Waals surface area contributed by atoms with Crippen molar-refractivity contribution in [1.29, 1.82) is 0 Å². The van der Waals surface area contributed by atoms with E-state index in [1.807, 2.05) is 4.90 Å². The highest BCUT2D eigenvalue weighted by Crippen LogP contribution is 2.28. The molecule has 25 heavy (non-hydrogen) atoms. The van der Waals surface area contributed by atoms with Gasteiger partial charge in [-0.25, -0.2) is 4.79 Å². The fourth-order valence-corrected chi connectivity index (χ4v) is 3.11. The SMILES string of the molecule is CC(C)CCN(C(=O)CCn1c(=O)[nH]c(=O)c2ccccc21)C1CC1. The minimum atomic E-state index is -0.461. The summed E-state index contributed by atoms with van der Waals surface area (Å²) >= 11 is 0. The summed E-state index contributed by atoms with van der Waals surface area (Å²) in [7, 11) is 0. The largest absolute Gasteiger partial charge is 0.340 e. The molecule has 0 saturated heterocycles. The van der Waals surface area contributed by atoms with Crippen molar-refractivity contribution in [1.82, 2.24) is 14.5 Å². The van der Waals surface area contributed by atoms with Crippen LogP contribution in [-0.4, -0.2) is 32.9 Å². The third-order valence-corrected chi connectivity index (χ3v) is 4.71. The zero-order chi connectivity index (χ0) is 18.0. The van der Waals surface area contributed by atoms with Gasteiger partial charge in [-0.2, -0.15) is 0 Å². The van der Waals surface area contributed by atoms with Gasteiger partial charge in [0.25, 0.3) is 5.56 Å². The third kappa shape index (κ3) is 4.00. The molecule has 0 radical (unpaired) electrons. The summed E-state index contributed by atoms with van der Waals surface area (Å²) in [6, 6.07) is 7.35. The Morgan fingerprint density at radius 1 is 1.28 bits per heavy atom. The molecule has 0 spiro atoms. The number of benzene rings is 1. The monoisotopic (exact) mass is 343 g/mol. The highest BCUT2D eigenvalue weighted by Gasteiger charge is 2.32. The minimum absolute atomic E-state index is 0.0883. The summed E-state index contributed by atoms with van der Waals surface area (Å²) in [6.07, 6.45) is 3.41. The van der Waals surface area contributed by atoms with Crippen LogP contribution in [0.5, 0.6) is 0 Å². The molecule has 0 atom stereocenters. The summed E-state index contributed by atoms with van der Waals surface area (Å²) < 4.78 is 1.49. The zero-order valence-electron chi connectivity index (χ0n) is 14.8. The number of hydrogen-bond acceptors (Lipinski definition) is 3. The lowest BCUT2D eigenvalue weighted by Crippen LogP contribution is -2.36. The van der Waals surface area contributed by atoms with Gasteiger partial charge in [0.05, 0.1) is 10.9 Å². The van der Waals surface area contributed by atoms with Crippen LogP contribution in [0.15, 0.2) is 33.9 Å². The topological polar surface area (TPSA) is 75.2 Å². The maximum Gasteiger partial charge on any atom is 0.328 e. The second-order valence-corrected chi connectivity index (χ2v) is 7.18. The van der Waals surface area contributed by atoms with Gasteiger partial charge in [-0.05, 0) is 37.3 Å². The Morgan fingerprint density at radius 2 is 2.00 bits per heavy atom. The van der Waals surface area contributed by atoms with Crippen molar-refractivity contribution in [3.05, 3.63) is 45.1 Å². The zero-order valence-corrected chi connectivity index (χ0v) is 14.8. The van der Waals surface area contributed by atoms with Crippen LogP contribution in [-0.2, 0) is 11.3 Å². The number of nitrogens with zero attached hydrogens (tertiary/aromatic N) is 2. The molecule has 1 aromatic carbocycles. The van der Waals surface area contributed by atoms with E-state index < -0.39 is 5.69 Å². The molecule has 1 aliphatic rings. The average Bonchev–Trinajstić information content (AvgIpc) is 3.39. The van der Waals surface area contributed by atoms with Crippen molar-refractivity contribution in [3.63, 3.8) is 0 Å². The number of para-hydroxylation sites is 1. The van der Waals surface area contributed by atoms with Crippen LogP contribution >= 0.6 is 0 Å². The van der Waals surface area contributed by atoms with Crippen LogP contribution < -0.4 is 11.2 Å². The van der Waals surface area contributed by atoms with Gasteiger partial charge in [0.2, 0.25) is 5.91 Å². The second-order valence-electron chi connectivity index (χ2n) is 7.18. The quantitative estimate of drug-likeness (QED) is 0.837. The maximum atomic E-state index is 12.7. The molecule has 2 aromatic rings. The molecular weight excluding hydrogens is 318 g/mol. The molecule has 6 heteroatoms. The molecule has 1 saturated carbocycles. The fraction of sp³-hybridized carbons (Fsp3) is 0.526. The molecule has 1 N–H and O–H groups in total. The number of H-pyrrole nitrogens is 1. The lowest BCUT2D eigenvalue weighted by molar-refractivity contribution is -0.132. The number of amides is 1. The van der Waals surface area contributed by atoms with E-state index in [0.717, 1.165) is 25.8 Å². The van der Waals surface area contributed by atoms with E-state index >= 15 is 0 Å². The van der Waals surface area contributed by atoms with Crippen LogP contribution in [0, 0.1) is 5.92 Å². The molecule has 1 fully saturated rings. The number of carbonyl (C=O) groups excluding carboxylic acids is 1. The van der Waals surface area contributed by atoms with Crippen molar-refractivity contribution >= 4 is 16.8 Å². The Bertz CT molecular complexity index is 877. The van der Waals surface area contributed by atoms with Crippen molar-refractivity contribution in [2.24, 2.45) is 5.92 Å². The first kappa shape index (κ1) is 17.5. The summed E-state index contributed by atoms with van der Waals surface area (Å²) in [6.45, 7) is 5.37. The average molecular weight is 343 g/mol. The second kappa shape index (κ2) is 7.25. The molecule has 6 nitrogen and oxygen atoms in total. The molecule has 0 unspecified atom stereocenters. The molecule has 1 amide bonds. The molecular formula is C19H25N3O3. The molecule has 1 aliphatic carbocycles. The van der Waals surface area contributed by atoms with Gasteiger partial charge in [0, 0.05) is 25.6 Å². The number of aryl methyl sites for hydroxylation is 1. The Morgan fingerprint density at radius 3 is 2.68 bits per heavy atom. The summed E-state index contributed by atoms with van der Waals surface area (Å²) in [4.78, 5) is 41.1. The number of fused-ring (bicyclic) bond motifs is 1. The van der Waals surface area contributed by atoms with Crippen molar-refractivity contribution in [2.75, 3.05) is 6.54 Å². The smallest absolute Gasteiger partial charge is 0.328 e. The Hall–Kier alpha value is -2.37. The third-order valence-electron chi connectivity index (χ3n) is 4.71. The number of carbonyl (C=O) groups is 1. The maximum absolute atomic E-state index is 12.7. The lowest BCUT2D eigenvalue weighted by Gasteiger charge is -2.23. The number of aromatic nitrogens is 2. The van der Waals surface area contributed by atoms with E-state index in [2.05, 4.69) is 18.8 Å². The highest BCUT2D eigenvalue weighted by molar-refractivity contribution is 5.79. The van der Waals surface area contributed by atoms with Crippen LogP contribution in [0.2, 0.25) is 0 Å².